The Hall–Kier alpha value is -2.76. The van der Waals surface area contributed by atoms with Gasteiger partial charge in [0.2, 0.25) is 0 Å². The summed E-state index contributed by atoms with van der Waals surface area (Å²) in [6.07, 6.45) is -0.597. The molecular weight excluding hydrogens is 317 g/mol. The number of benzene rings is 2. The molecule has 0 saturated carbocycles. The molecule has 0 unspecified atom stereocenters. The minimum atomic E-state index is -4.45. The molecule has 3 nitrogen and oxygen atoms in total. The molecule has 3 aromatic rings. The van der Waals surface area contributed by atoms with E-state index in [1.807, 2.05) is 30.3 Å². The van der Waals surface area contributed by atoms with Crippen molar-refractivity contribution in [1.29, 1.82) is 0 Å². The summed E-state index contributed by atoms with van der Waals surface area (Å²) in [6.45, 7) is 0.601. The van der Waals surface area contributed by atoms with Crippen molar-refractivity contribution in [3.63, 3.8) is 0 Å². The number of aromatic nitrogens is 2. The van der Waals surface area contributed by atoms with E-state index < -0.39 is 11.7 Å². The molecule has 3 rings (SSSR count). The topological polar surface area (TPSA) is 38.1 Å². The quantitative estimate of drug-likeness (QED) is 0.763. The molecule has 0 fully saturated rings. The highest BCUT2D eigenvalue weighted by atomic mass is 19.4. The molecule has 0 aliphatic heterocycles. The Kier molecular flexibility index (Phi) is 4.29. The number of phenols is 1. The maximum Gasteiger partial charge on any atom is 0.416 e. The first-order valence-corrected chi connectivity index (χ1v) is 7.40. The van der Waals surface area contributed by atoms with Crippen molar-refractivity contribution in [2.45, 2.75) is 19.1 Å². The van der Waals surface area contributed by atoms with Gasteiger partial charge in [-0.2, -0.15) is 18.3 Å². The lowest BCUT2D eigenvalue weighted by molar-refractivity contribution is -0.137. The average molecular weight is 332 g/mol. The van der Waals surface area contributed by atoms with Crippen LogP contribution in [0.4, 0.5) is 13.2 Å². The molecule has 1 heterocycles. The van der Waals surface area contributed by atoms with Gasteiger partial charge in [-0.05, 0) is 30.2 Å². The van der Waals surface area contributed by atoms with Crippen LogP contribution in [0.2, 0.25) is 0 Å². The Bertz CT molecular complexity index is 826. The van der Waals surface area contributed by atoms with Crippen LogP contribution in [-0.2, 0) is 19.1 Å². The molecule has 0 spiro atoms. The molecule has 0 radical (unpaired) electrons. The molecule has 24 heavy (non-hydrogen) atoms. The first-order valence-electron chi connectivity index (χ1n) is 7.40. The first kappa shape index (κ1) is 16.1. The average Bonchev–Trinajstić information content (AvgIpc) is 3.02. The number of aryl methyl sites for hydroxylation is 2. The molecule has 2 aromatic carbocycles. The van der Waals surface area contributed by atoms with E-state index in [4.69, 9.17) is 0 Å². The second-order valence-electron chi connectivity index (χ2n) is 5.46. The molecule has 0 aliphatic carbocycles. The van der Waals surface area contributed by atoms with E-state index in [0.29, 0.717) is 12.1 Å². The van der Waals surface area contributed by atoms with Crippen molar-refractivity contribution >= 4 is 0 Å². The van der Waals surface area contributed by atoms with E-state index in [9.17, 15) is 18.3 Å². The minimum Gasteiger partial charge on any atom is -0.507 e. The Morgan fingerprint density at radius 2 is 1.79 bits per heavy atom. The highest BCUT2D eigenvalue weighted by Crippen LogP contribution is 2.36. The van der Waals surface area contributed by atoms with Crippen LogP contribution in [0, 0.1) is 0 Å². The van der Waals surface area contributed by atoms with Gasteiger partial charge in [0, 0.05) is 23.9 Å². The highest BCUT2D eigenvalue weighted by molar-refractivity contribution is 5.69. The highest BCUT2D eigenvalue weighted by Gasteiger charge is 2.31. The second-order valence-corrected chi connectivity index (χ2v) is 5.46. The maximum atomic E-state index is 12.8. The summed E-state index contributed by atoms with van der Waals surface area (Å²) in [7, 11) is 0. The Labute approximate surface area is 137 Å². The van der Waals surface area contributed by atoms with Crippen LogP contribution >= 0.6 is 0 Å². The zero-order chi connectivity index (χ0) is 17.2. The number of rotatable bonds is 4. The number of aromatic hydroxyl groups is 1. The van der Waals surface area contributed by atoms with Gasteiger partial charge in [0.15, 0.2) is 0 Å². The lowest BCUT2D eigenvalue weighted by Gasteiger charge is -2.09. The van der Waals surface area contributed by atoms with E-state index in [-0.39, 0.29) is 11.3 Å². The van der Waals surface area contributed by atoms with Crippen LogP contribution in [0.15, 0.2) is 60.9 Å². The Balaban J connectivity index is 1.80. The summed E-state index contributed by atoms with van der Waals surface area (Å²) in [5.41, 5.74) is 0.922. The number of phenolic OH excluding ortho intramolecular Hbond substituents is 1. The van der Waals surface area contributed by atoms with Crippen molar-refractivity contribution in [3.8, 4) is 16.9 Å². The smallest absolute Gasteiger partial charge is 0.416 e. The van der Waals surface area contributed by atoms with Gasteiger partial charge in [0.1, 0.15) is 5.75 Å². The Morgan fingerprint density at radius 3 is 2.50 bits per heavy atom. The van der Waals surface area contributed by atoms with Gasteiger partial charge in [-0.15, -0.1) is 0 Å². The summed E-state index contributed by atoms with van der Waals surface area (Å²) in [6, 6.07) is 12.7. The van der Waals surface area contributed by atoms with Crippen LogP contribution in [0.3, 0.4) is 0 Å². The third kappa shape index (κ3) is 3.59. The molecular formula is C18H15F3N2O. The predicted octanol–water partition coefficient (Wildman–Crippen LogP) is 4.52. The van der Waals surface area contributed by atoms with Crippen molar-refractivity contribution in [1.82, 2.24) is 9.78 Å². The normalized spacial score (nSPS) is 11.6. The SMILES string of the molecule is Oc1ccc(C(F)(F)F)cc1-c1cnn(CCc2ccccc2)c1. The summed E-state index contributed by atoms with van der Waals surface area (Å²) in [5.74, 6) is -0.203. The summed E-state index contributed by atoms with van der Waals surface area (Å²) in [5, 5.41) is 14.0. The van der Waals surface area contributed by atoms with Gasteiger partial charge in [-0.1, -0.05) is 30.3 Å². The third-order valence-electron chi connectivity index (χ3n) is 3.74. The van der Waals surface area contributed by atoms with Crippen LogP contribution in [0.1, 0.15) is 11.1 Å². The zero-order valence-corrected chi connectivity index (χ0v) is 12.7. The van der Waals surface area contributed by atoms with Gasteiger partial charge in [-0.3, -0.25) is 4.68 Å². The zero-order valence-electron chi connectivity index (χ0n) is 12.7. The molecule has 0 amide bonds. The lowest BCUT2D eigenvalue weighted by atomic mass is 10.0. The van der Waals surface area contributed by atoms with E-state index in [1.54, 1.807) is 10.9 Å². The van der Waals surface area contributed by atoms with Crippen molar-refractivity contribution < 1.29 is 18.3 Å². The molecule has 0 atom stereocenters. The number of hydrogen-bond acceptors (Lipinski definition) is 2. The van der Waals surface area contributed by atoms with Crippen molar-refractivity contribution in [3.05, 3.63) is 72.1 Å². The molecule has 1 N–H and O–H groups in total. The monoisotopic (exact) mass is 332 g/mol. The molecule has 124 valence electrons. The molecule has 0 aliphatic rings. The van der Waals surface area contributed by atoms with E-state index in [1.165, 1.54) is 6.20 Å². The van der Waals surface area contributed by atoms with E-state index in [0.717, 1.165) is 30.2 Å². The molecule has 6 heteroatoms. The Morgan fingerprint density at radius 1 is 1.04 bits per heavy atom. The van der Waals surface area contributed by atoms with Crippen LogP contribution < -0.4 is 0 Å². The minimum absolute atomic E-state index is 0.121. The van der Waals surface area contributed by atoms with Crippen LogP contribution in [-0.4, -0.2) is 14.9 Å². The lowest BCUT2D eigenvalue weighted by Crippen LogP contribution is -2.04. The second kappa shape index (κ2) is 6.39. The van der Waals surface area contributed by atoms with Gasteiger partial charge in [0.05, 0.1) is 11.8 Å². The summed E-state index contributed by atoms with van der Waals surface area (Å²) < 4.78 is 40.1. The number of alkyl halides is 3. The fourth-order valence-electron chi connectivity index (χ4n) is 2.46. The predicted molar refractivity (Wildman–Crippen MR) is 84.5 cm³/mol. The third-order valence-corrected chi connectivity index (χ3v) is 3.74. The molecule has 0 saturated heterocycles. The maximum absolute atomic E-state index is 12.8. The van der Waals surface area contributed by atoms with Crippen LogP contribution in [0.25, 0.3) is 11.1 Å². The van der Waals surface area contributed by atoms with Gasteiger partial charge >= 0.3 is 6.18 Å². The summed E-state index contributed by atoms with van der Waals surface area (Å²) in [4.78, 5) is 0. The fourth-order valence-corrected chi connectivity index (χ4v) is 2.46. The van der Waals surface area contributed by atoms with Crippen molar-refractivity contribution in [2.75, 3.05) is 0 Å². The van der Waals surface area contributed by atoms with Gasteiger partial charge in [-0.25, -0.2) is 0 Å². The van der Waals surface area contributed by atoms with E-state index in [2.05, 4.69) is 5.10 Å². The fraction of sp³-hybridized carbons (Fsp3) is 0.167. The largest absolute Gasteiger partial charge is 0.507 e. The van der Waals surface area contributed by atoms with Gasteiger partial charge < -0.3 is 5.11 Å². The van der Waals surface area contributed by atoms with Gasteiger partial charge in [0.25, 0.3) is 0 Å². The standard InChI is InChI=1S/C18H15F3N2O/c19-18(20,21)15-6-7-17(24)16(10-15)14-11-22-23(12-14)9-8-13-4-2-1-3-5-13/h1-7,10-12,24H,8-9H2. The number of hydrogen-bond donors (Lipinski definition) is 1. The number of nitrogens with zero attached hydrogens (tertiary/aromatic N) is 2. The summed E-state index contributed by atoms with van der Waals surface area (Å²) >= 11 is 0. The molecule has 1 aromatic heterocycles. The van der Waals surface area contributed by atoms with Crippen molar-refractivity contribution in [2.24, 2.45) is 0 Å². The van der Waals surface area contributed by atoms with E-state index >= 15 is 0 Å². The first-order chi connectivity index (χ1) is 11.4. The van der Waals surface area contributed by atoms with Crippen LogP contribution in [0.5, 0.6) is 5.75 Å². The number of halogens is 3. The molecule has 0 bridgehead atoms.